The molecule has 0 bridgehead atoms. The molecule has 0 spiro atoms. The highest BCUT2D eigenvalue weighted by molar-refractivity contribution is 6.03. The first-order chi connectivity index (χ1) is 14.2. The number of hydrogen-bond acceptors (Lipinski definition) is 5. The maximum absolute atomic E-state index is 12.9. The number of amides is 1. The summed E-state index contributed by atoms with van der Waals surface area (Å²) in [6, 6.07) is 21.0. The molecule has 1 saturated heterocycles. The van der Waals surface area contributed by atoms with Crippen molar-refractivity contribution in [2.45, 2.75) is 6.92 Å². The number of carbonyl (C=O) groups excluding carboxylic acids is 1. The minimum absolute atomic E-state index is 0.232. The molecule has 0 unspecified atom stereocenters. The van der Waals surface area contributed by atoms with Crippen molar-refractivity contribution in [1.82, 2.24) is 14.9 Å². The van der Waals surface area contributed by atoms with Crippen molar-refractivity contribution >= 4 is 17.4 Å². The molecule has 4 rings (SSSR count). The zero-order valence-corrected chi connectivity index (χ0v) is 16.6. The molecule has 1 N–H and O–H groups in total. The second-order valence-corrected chi connectivity index (χ2v) is 7.04. The summed E-state index contributed by atoms with van der Waals surface area (Å²) in [6.45, 7) is 6.99. The SMILES string of the molecule is CCN1CCN(c2cc(C(=O)Nc3ccccc3)nc(-c3ccccc3)n2)CC1. The summed E-state index contributed by atoms with van der Waals surface area (Å²) in [5.74, 6) is 1.14. The number of likely N-dealkylation sites (N-methyl/N-ethyl adjacent to an activating group) is 1. The number of hydrogen-bond donors (Lipinski definition) is 1. The summed E-state index contributed by atoms with van der Waals surface area (Å²) < 4.78 is 0. The van der Waals surface area contributed by atoms with Gasteiger partial charge in [0.1, 0.15) is 11.5 Å². The van der Waals surface area contributed by atoms with Gasteiger partial charge in [-0.1, -0.05) is 55.5 Å². The van der Waals surface area contributed by atoms with Crippen LogP contribution in [0.4, 0.5) is 11.5 Å². The summed E-state index contributed by atoms with van der Waals surface area (Å²) >= 11 is 0. The third kappa shape index (κ3) is 4.60. The highest BCUT2D eigenvalue weighted by atomic mass is 16.1. The molecule has 2 aromatic carbocycles. The highest BCUT2D eigenvalue weighted by Crippen LogP contribution is 2.22. The molecule has 3 aromatic rings. The molecule has 1 fully saturated rings. The Morgan fingerprint density at radius 3 is 2.24 bits per heavy atom. The number of aromatic nitrogens is 2. The van der Waals surface area contributed by atoms with Crippen molar-refractivity contribution in [2.75, 3.05) is 42.9 Å². The van der Waals surface area contributed by atoms with Crippen molar-refractivity contribution in [3.05, 3.63) is 72.4 Å². The van der Waals surface area contributed by atoms with E-state index in [9.17, 15) is 4.79 Å². The fraction of sp³-hybridized carbons (Fsp3) is 0.261. The van der Waals surface area contributed by atoms with Gasteiger partial charge >= 0.3 is 0 Å². The smallest absolute Gasteiger partial charge is 0.274 e. The molecule has 1 aliphatic heterocycles. The second-order valence-electron chi connectivity index (χ2n) is 7.04. The maximum atomic E-state index is 12.9. The monoisotopic (exact) mass is 387 g/mol. The normalized spacial score (nSPS) is 14.6. The van der Waals surface area contributed by atoms with E-state index in [0.29, 0.717) is 11.5 Å². The van der Waals surface area contributed by atoms with E-state index in [-0.39, 0.29) is 5.91 Å². The summed E-state index contributed by atoms with van der Waals surface area (Å²) in [4.78, 5) is 26.9. The van der Waals surface area contributed by atoms with Crippen LogP contribution in [0.1, 0.15) is 17.4 Å². The molecule has 2 heterocycles. The van der Waals surface area contributed by atoms with E-state index in [1.807, 2.05) is 60.7 Å². The first kappa shape index (κ1) is 19.1. The third-order valence-corrected chi connectivity index (χ3v) is 5.15. The lowest BCUT2D eigenvalue weighted by Gasteiger charge is -2.34. The van der Waals surface area contributed by atoms with Crippen molar-refractivity contribution in [3.8, 4) is 11.4 Å². The molecule has 6 nitrogen and oxygen atoms in total. The van der Waals surface area contributed by atoms with Gasteiger partial charge in [0.2, 0.25) is 0 Å². The number of carbonyl (C=O) groups is 1. The molecular weight excluding hydrogens is 362 g/mol. The first-order valence-corrected chi connectivity index (χ1v) is 10.0. The van der Waals surface area contributed by atoms with E-state index in [0.717, 1.165) is 49.8 Å². The quantitative estimate of drug-likeness (QED) is 0.726. The van der Waals surface area contributed by atoms with Crippen LogP contribution in [-0.2, 0) is 0 Å². The molecule has 0 aliphatic carbocycles. The van der Waals surface area contributed by atoms with Crippen molar-refractivity contribution < 1.29 is 4.79 Å². The predicted octanol–water partition coefficient (Wildman–Crippen LogP) is 3.54. The Morgan fingerprint density at radius 2 is 1.59 bits per heavy atom. The van der Waals surface area contributed by atoms with Gasteiger partial charge in [0.15, 0.2) is 5.82 Å². The summed E-state index contributed by atoms with van der Waals surface area (Å²) in [5, 5.41) is 2.93. The Morgan fingerprint density at radius 1 is 0.931 bits per heavy atom. The predicted molar refractivity (Wildman–Crippen MR) is 116 cm³/mol. The largest absolute Gasteiger partial charge is 0.354 e. The van der Waals surface area contributed by atoms with Crippen LogP contribution in [0.5, 0.6) is 0 Å². The minimum atomic E-state index is -0.232. The van der Waals surface area contributed by atoms with E-state index in [2.05, 4.69) is 27.0 Å². The van der Waals surface area contributed by atoms with Crippen LogP contribution in [0.15, 0.2) is 66.7 Å². The van der Waals surface area contributed by atoms with E-state index in [4.69, 9.17) is 4.98 Å². The van der Waals surface area contributed by atoms with Gasteiger partial charge in [-0.05, 0) is 18.7 Å². The van der Waals surface area contributed by atoms with Crippen LogP contribution in [0.2, 0.25) is 0 Å². The molecule has 0 radical (unpaired) electrons. The molecule has 148 valence electrons. The molecule has 1 amide bonds. The lowest BCUT2D eigenvalue weighted by molar-refractivity contribution is 0.102. The first-order valence-electron chi connectivity index (χ1n) is 10.0. The maximum Gasteiger partial charge on any atom is 0.274 e. The molecule has 0 atom stereocenters. The number of para-hydroxylation sites is 1. The third-order valence-electron chi connectivity index (χ3n) is 5.15. The second kappa shape index (κ2) is 8.84. The van der Waals surface area contributed by atoms with Crippen molar-refractivity contribution in [2.24, 2.45) is 0 Å². The lowest BCUT2D eigenvalue weighted by Crippen LogP contribution is -2.46. The Hall–Kier alpha value is -3.25. The average Bonchev–Trinajstić information content (AvgIpc) is 2.80. The molecule has 0 saturated carbocycles. The number of rotatable bonds is 5. The van der Waals surface area contributed by atoms with Gasteiger partial charge in [0.25, 0.3) is 5.91 Å². The van der Waals surface area contributed by atoms with Gasteiger partial charge < -0.3 is 15.1 Å². The van der Waals surface area contributed by atoms with E-state index in [1.165, 1.54) is 0 Å². The molecule has 6 heteroatoms. The van der Waals surface area contributed by atoms with Crippen LogP contribution in [0.3, 0.4) is 0 Å². The fourth-order valence-electron chi connectivity index (χ4n) is 3.44. The van der Waals surface area contributed by atoms with E-state index >= 15 is 0 Å². The van der Waals surface area contributed by atoms with Gasteiger partial charge in [-0.25, -0.2) is 9.97 Å². The van der Waals surface area contributed by atoms with Crippen molar-refractivity contribution in [3.63, 3.8) is 0 Å². The van der Waals surface area contributed by atoms with Crippen LogP contribution in [0, 0.1) is 0 Å². The Labute approximate surface area is 171 Å². The average molecular weight is 387 g/mol. The van der Waals surface area contributed by atoms with Crippen molar-refractivity contribution in [1.29, 1.82) is 0 Å². The van der Waals surface area contributed by atoms with Gasteiger partial charge in [0, 0.05) is 43.5 Å². The van der Waals surface area contributed by atoms with E-state index < -0.39 is 0 Å². The Balaban J connectivity index is 1.66. The number of benzene rings is 2. The van der Waals surface area contributed by atoms with E-state index in [1.54, 1.807) is 6.07 Å². The highest BCUT2D eigenvalue weighted by Gasteiger charge is 2.20. The number of piperazine rings is 1. The zero-order chi connectivity index (χ0) is 20.1. The topological polar surface area (TPSA) is 61.4 Å². The Bertz CT molecular complexity index is 954. The number of nitrogens with one attached hydrogen (secondary N) is 1. The zero-order valence-electron chi connectivity index (χ0n) is 16.6. The number of nitrogens with zero attached hydrogens (tertiary/aromatic N) is 4. The Kier molecular flexibility index (Phi) is 5.81. The summed E-state index contributed by atoms with van der Waals surface area (Å²) in [7, 11) is 0. The molecule has 1 aliphatic rings. The molecule has 29 heavy (non-hydrogen) atoms. The lowest BCUT2D eigenvalue weighted by atomic mass is 10.2. The van der Waals surface area contributed by atoms with Crippen LogP contribution in [-0.4, -0.2) is 53.5 Å². The van der Waals surface area contributed by atoms with Crippen LogP contribution < -0.4 is 10.2 Å². The van der Waals surface area contributed by atoms with Crippen LogP contribution >= 0.6 is 0 Å². The molecular formula is C23H25N5O. The fourth-order valence-corrected chi connectivity index (χ4v) is 3.44. The van der Waals surface area contributed by atoms with Gasteiger partial charge in [-0.2, -0.15) is 0 Å². The van der Waals surface area contributed by atoms with Gasteiger partial charge in [0.05, 0.1) is 0 Å². The molecule has 1 aromatic heterocycles. The number of anilines is 2. The standard InChI is InChI=1S/C23H25N5O/c1-2-27-13-15-28(16-14-27)21-17-20(23(29)24-19-11-7-4-8-12-19)25-22(26-21)18-9-5-3-6-10-18/h3-12,17H,2,13-16H2,1H3,(H,24,29). The summed E-state index contributed by atoms with van der Waals surface area (Å²) in [5.41, 5.74) is 2.02. The minimum Gasteiger partial charge on any atom is -0.354 e. The van der Waals surface area contributed by atoms with Gasteiger partial charge in [-0.3, -0.25) is 4.79 Å². The summed E-state index contributed by atoms with van der Waals surface area (Å²) in [6.07, 6.45) is 0. The van der Waals surface area contributed by atoms with Gasteiger partial charge in [-0.15, -0.1) is 0 Å². The van der Waals surface area contributed by atoms with Crippen LogP contribution in [0.25, 0.3) is 11.4 Å².